The number of hydrogen-bond acceptors (Lipinski definition) is 3. The van der Waals surface area contributed by atoms with Crippen molar-refractivity contribution < 1.29 is 14.7 Å². The molecule has 0 spiro atoms. The molecule has 18 heavy (non-hydrogen) atoms. The summed E-state index contributed by atoms with van der Waals surface area (Å²) in [7, 11) is 0. The first-order chi connectivity index (χ1) is 8.40. The molecule has 0 unspecified atom stereocenters. The number of carboxylic acids is 1. The van der Waals surface area contributed by atoms with Crippen molar-refractivity contribution in [1.82, 2.24) is 5.32 Å². The summed E-state index contributed by atoms with van der Waals surface area (Å²) in [6.07, 6.45) is 0.888. The fourth-order valence-electron chi connectivity index (χ4n) is 1.86. The molecule has 1 aromatic rings. The van der Waals surface area contributed by atoms with Crippen LogP contribution in [0.1, 0.15) is 29.8 Å². The maximum absolute atomic E-state index is 12.0. The standard InChI is InChI=1S/C13H16N2O3/c1-13(2,12(17)18)15-11(16)9-3-4-10-8(7-9)5-6-14-10/h3-4,7,14H,5-6H2,1-2H3,(H,15,16)(H,17,18). The first-order valence-corrected chi connectivity index (χ1v) is 5.83. The molecular formula is C13H16N2O3. The predicted octanol–water partition coefficient (Wildman–Crippen LogP) is 1.25. The number of carbonyl (C=O) groups excluding carboxylic acids is 1. The van der Waals surface area contributed by atoms with Gasteiger partial charge >= 0.3 is 5.97 Å². The van der Waals surface area contributed by atoms with Crippen molar-refractivity contribution in [3.05, 3.63) is 29.3 Å². The molecule has 1 aliphatic heterocycles. The molecular weight excluding hydrogens is 232 g/mol. The summed E-state index contributed by atoms with van der Waals surface area (Å²) in [6, 6.07) is 5.36. The van der Waals surface area contributed by atoms with Crippen LogP contribution >= 0.6 is 0 Å². The lowest BCUT2D eigenvalue weighted by atomic mass is 10.0. The number of carboxylic acid groups (broad SMARTS) is 1. The fraction of sp³-hybridized carbons (Fsp3) is 0.385. The zero-order chi connectivity index (χ0) is 13.3. The fourth-order valence-corrected chi connectivity index (χ4v) is 1.86. The van der Waals surface area contributed by atoms with Crippen molar-refractivity contribution >= 4 is 17.6 Å². The Morgan fingerprint density at radius 3 is 2.78 bits per heavy atom. The van der Waals surface area contributed by atoms with E-state index in [0.717, 1.165) is 24.2 Å². The lowest BCUT2D eigenvalue weighted by Gasteiger charge is -2.21. The van der Waals surface area contributed by atoms with Crippen LogP contribution in [0.15, 0.2) is 18.2 Å². The minimum atomic E-state index is -1.27. The number of aliphatic carboxylic acids is 1. The number of anilines is 1. The summed E-state index contributed by atoms with van der Waals surface area (Å²) >= 11 is 0. The molecule has 0 aromatic heterocycles. The summed E-state index contributed by atoms with van der Waals surface area (Å²) in [5.41, 5.74) is 1.36. The van der Waals surface area contributed by atoms with Crippen LogP contribution in [0.25, 0.3) is 0 Å². The van der Waals surface area contributed by atoms with Crippen LogP contribution in [0.3, 0.4) is 0 Å². The number of fused-ring (bicyclic) bond motifs is 1. The van der Waals surface area contributed by atoms with Gasteiger partial charge in [-0.3, -0.25) is 4.79 Å². The average Bonchev–Trinajstić information content (AvgIpc) is 2.74. The highest BCUT2D eigenvalue weighted by molar-refractivity contribution is 5.98. The highest BCUT2D eigenvalue weighted by Gasteiger charge is 2.29. The Kier molecular flexibility index (Phi) is 2.98. The zero-order valence-electron chi connectivity index (χ0n) is 10.4. The van der Waals surface area contributed by atoms with E-state index in [2.05, 4.69) is 10.6 Å². The Morgan fingerprint density at radius 1 is 1.39 bits per heavy atom. The second-order valence-electron chi connectivity index (χ2n) is 4.93. The van der Waals surface area contributed by atoms with Crippen LogP contribution in [-0.2, 0) is 11.2 Å². The third-order valence-corrected chi connectivity index (χ3v) is 3.04. The predicted molar refractivity (Wildman–Crippen MR) is 67.8 cm³/mol. The average molecular weight is 248 g/mol. The van der Waals surface area contributed by atoms with Gasteiger partial charge in [-0.1, -0.05) is 0 Å². The smallest absolute Gasteiger partial charge is 0.328 e. The van der Waals surface area contributed by atoms with Crippen molar-refractivity contribution in [2.75, 3.05) is 11.9 Å². The van der Waals surface area contributed by atoms with E-state index in [1.54, 1.807) is 6.07 Å². The van der Waals surface area contributed by atoms with Crippen molar-refractivity contribution in [3.8, 4) is 0 Å². The van der Waals surface area contributed by atoms with Gasteiger partial charge in [0.15, 0.2) is 0 Å². The number of amides is 1. The second-order valence-corrected chi connectivity index (χ2v) is 4.93. The first kappa shape index (κ1) is 12.4. The maximum atomic E-state index is 12.0. The van der Waals surface area contributed by atoms with Crippen molar-refractivity contribution in [2.45, 2.75) is 25.8 Å². The van der Waals surface area contributed by atoms with Gasteiger partial charge in [0, 0.05) is 17.8 Å². The van der Waals surface area contributed by atoms with E-state index in [0.29, 0.717) is 5.56 Å². The Hall–Kier alpha value is -2.04. The van der Waals surface area contributed by atoms with Gasteiger partial charge in [0.25, 0.3) is 5.91 Å². The number of benzene rings is 1. The van der Waals surface area contributed by atoms with Crippen LogP contribution in [0, 0.1) is 0 Å². The molecule has 5 nitrogen and oxygen atoms in total. The maximum Gasteiger partial charge on any atom is 0.328 e. The lowest BCUT2D eigenvalue weighted by molar-refractivity contribution is -0.143. The molecule has 0 bridgehead atoms. The Morgan fingerprint density at radius 2 is 2.11 bits per heavy atom. The molecule has 1 heterocycles. The molecule has 0 aliphatic carbocycles. The van der Waals surface area contributed by atoms with Crippen molar-refractivity contribution in [2.24, 2.45) is 0 Å². The highest BCUT2D eigenvalue weighted by atomic mass is 16.4. The quantitative estimate of drug-likeness (QED) is 0.752. The van der Waals surface area contributed by atoms with Gasteiger partial charge in [0.1, 0.15) is 5.54 Å². The second kappa shape index (κ2) is 4.33. The van der Waals surface area contributed by atoms with E-state index < -0.39 is 11.5 Å². The third kappa shape index (κ3) is 2.30. The molecule has 2 rings (SSSR count). The molecule has 1 aliphatic rings. The number of carbonyl (C=O) groups is 2. The van der Waals surface area contributed by atoms with Gasteiger partial charge in [0.2, 0.25) is 0 Å². The first-order valence-electron chi connectivity index (χ1n) is 5.83. The molecule has 0 radical (unpaired) electrons. The van der Waals surface area contributed by atoms with Crippen LogP contribution in [0.4, 0.5) is 5.69 Å². The van der Waals surface area contributed by atoms with E-state index in [-0.39, 0.29) is 5.91 Å². The van der Waals surface area contributed by atoms with Gasteiger partial charge in [-0.05, 0) is 44.0 Å². The Labute approximate surface area is 105 Å². The third-order valence-electron chi connectivity index (χ3n) is 3.04. The minimum Gasteiger partial charge on any atom is -0.480 e. The largest absolute Gasteiger partial charge is 0.480 e. The highest BCUT2D eigenvalue weighted by Crippen LogP contribution is 2.23. The van der Waals surface area contributed by atoms with E-state index >= 15 is 0 Å². The Bertz CT molecular complexity index is 509. The molecule has 1 amide bonds. The van der Waals surface area contributed by atoms with Crippen molar-refractivity contribution in [3.63, 3.8) is 0 Å². The van der Waals surface area contributed by atoms with E-state index in [4.69, 9.17) is 5.11 Å². The minimum absolute atomic E-state index is 0.364. The topological polar surface area (TPSA) is 78.4 Å². The molecule has 96 valence electrons. The normalized spacial score (nSPS) is 13.7. The van der Waals surface area contributed by atoms with Crippen LogP contribution in [-0.4, -0.2) is 29.1 Å². The van der Waals surface area contributed by atoms with Crippen LogP contribution < -0.4 is 10.6 Å². The van der Waals surface area contributed by atoms with Crippen LogP contribution in [0.5, 0.6) is 0 Å². The van der Waals surface area contributed by atoms with Gasteiger partial charge in [0.05, 0.1) is 0 Å². The number of nitrogens with one attached hydrogen (secondary N) is 2. The SMILES string of the molecule is CC(C)(NC(=O)c1ccc2c(c1)CCN2)C(=O)O. The molecule has 0 atom stereocenters. The van der Waals surface area contributed by atoms with E-state index in [1.165, 1.54) is 13.8 Å². The van der Waals surface area contributed by atoms with E-state index in [1.807, 2.05) is 12.1 Å². The summed E-state index contributed by atoms with van der Waals surface area (Å²) in [4.78, 5) is 22.9. The summed E-state index contributed by atoms with van der Waals surface area (Å²) in [5.74, 6) is -1.42. The number of hydrogen-bond donors (Lipinski definition) is 3. The summed E-state index contributed by atoms with van der Waals surface area (Å²) in [6.45, 7) is 3.80. The molecule has 0 saturated carbocycles. The Balaban J connectivity index is 2.17. The summed E-state index contributed by atoms with van der Waals surface area (Å²) < 4.78 is 0. The van der Waals surface area contributed by atoms with Gasteiger partial charge < -0.3 is 15.7 Å². The number of rotatable bonds is 3. The molecule has 3 N–H and O–H groups in total. The lowest BCUT2D eigenvalue weighted by Crippen LogP contribution is -2.49. The van der Waals surface area contributed by atoms with Crippen LogP contribution in [0.2, 0.25) is 0 Å². The molecule has 0 fully saturated rings. The summed E-state index contributed by atoms with van der Waals surface area (Å²) in [5, 5.41) is 14.7. The van der Waals surface area contributed by atoms with Crippen molar-refractivity contribution in [1.29, 1.82) is 0 Å². The van der Waals surface area contributed by atoms with Gasteiger partial charge in [-0.2, -0.15) is 0 Å². The molecule has 1 aromatic carbocycles. The van der Waals surface area contributed by atoms with Gasteiger partial charge in [-0.15, -0.1) is 0 Å². The zero-order valence-corrected chi connectivity index (χ0v) is 10.4. The molecule has 5 heteroatoms. The van der Waals surface area contributed by atoms with Gasteiger partial charge in [-0.25, -0.2) is 4.79 Å². The molecule has 0 saturated heterocycles. The monoisotopic (exact) mass is 248 g/mol. The van der Waals surface area contributed by atoms with E-state index in [9.17, 15) is 9.59 Å².